The predicted octanol–water partition coefficient (Wildman–Crippen LogP) is 2.11. The minimum absolute atomic E-state index is 0.497. The van der Waals surface area contributed by atoms with Gasteiger partial charge in [0.05, 0.1) is 7.11 Å². The Hall–Kier alpha value is -1.48. The summed E-state index contributed by atoms with van der Waals surface area (Å²) in [5.74, 6) is 1.43. The molecule has 0 aliphatic heterocycles. The van der Waals surface area contributed by atoms with Gasteiger partial charge < -0.3 is 15.2 Å². The van der Waals surface area contributed by atoms with Gasteiger partial charge in [0.15, 0.2) is 11.5 Å². The van der Waals surface area contributed by atoms with Crippen molar-refractivity contribution in [2.24, 2.45) is 5.73 Å². The fourth-order valence-electron chi connectivity index (χ4n) is 1.16. The number of benzene rings is 1. The fourth-order valence-corrected chi connectivity index (χ4v) is 1.16. The van der Waals surface area contributed by atoms with Gasteiger partial charge in [0.2, 0.25) is 0 Å². The van der Waals surface area contributed by atoms with Gasteiger partial charge in [0, 0.05) is 6.54 Å². The minimum Gasteiger partial charge on any atom is -0.493 e. The molecule has 0 spiro atoms. The van der Waals surface area contributed by atoms with Crippen LogP contribution >= 0.6 is 0 Å². The molecule has 0 aliphatic rings. The van der Waals surface area contributed by atoms with Crippen molar-refractivity contribution in [3.63, 3.8) is 0 Å². The molecular weight excluding hydrogens is 190 g/mol. The molecule has 0 aliphatic carbocycles. The molecule has 0 saturated carbocycles. The molecule has 0 radical (unpaired) electrons. The van der Waals surface area contributed by atoms with Gasteiger partial charge in [0.1, 0.15) is 6.61 Å². The molecule has 0 aromatic heterocycles. The maximum atomic E-state index is 5.54. The molecule has 0 atom stereocenters. The third kappa shape index (κ3) is 3.29. The average molecular weight is 207 g/mol. The summed E-state index contributed by atoms with van der Waals surface area (Å²) in [4.78, 5) is 0. The molecule has 0 heterocycles. The Bertz CT molecular complexity index is 347. The van der Waals surface area contributed by atoms with Crippen LogP contribution in [-0.4, -0.2) is 13.7 Å². The van der Waals surface area contributed by atoms with Crippen molar-refractivity contribution < 1.29 is 9.47 Å². The van der Waals surface area contributed by atoms with Crippen LogP contribution in [0.5, 0.6) is 11.5 Å². The maximum Gasteiger partial charge on any atom is 0.161 e. The number of rotatable bonds is 5. The van der Waals surface area contributed by atoms with E-state index in [1.165, 1.54) is 0 Å². The van der Waals surface area contributed by atoms with Gasteiger partial charge in [-0.3, -0.25) is 0 Å². The Labute approximate surface area is 90.5 Å². The van der Waals surface area contributed by atoms with Crippen molar-refractivity contribution in [2.45, 2.75) is 13.5 Å². The summed E-state index contributed by atoms with van der Waals surface area (Å²) in [6.07, 6.45) is 0. The summed E-state index contributed by atoms with van der Waals surface area (Å²) >= 11 is 0. The summed E-state index contributed by atoms with van der Waals surface area (Å²) < 4.78 is 10.7. The Kier molecular flexibility index (Phi) is 4.18. The zero-order valence-corrected chi connectivity index (χ0v) is 9.25. The van der Waals surface area contributed by atoms with E-state index in [2.05, 4.69) is 6.58 Å². The number of nitrogens with two attached hydrogens (primary N) is 1. The predicted molar refractivity (Wildman–Crippen MR) is 61.2 cm³/mol. The molecular formula is C12H17NO2. The van der Waals surface area contributed by atoms with Crippen molar-refractivity contribution in [3.05, 3.63) is 35.9 Å². The molecule has 2 N–H and O–H groups in total. The van der Waals surface area contributed by atoms with Crippen LogP contribution in [0.3, 0.4) is 0 Å². The second kappa shape index (κ2) is 5.41. The molecule has 1 rings (SSSR count). The molecule has 0 bridgehead atoms. The van der Waals surface area contributed by atoms with Crippen LogP contribution < -0.4 is 15.2 Å². The van der Waals surface area contributed by atoms with E-state index in [9.17, 15) is 0 Å². The van der Waals surface area contributed by atoms with Crippen LogP contribution in [0.15, 0.2) is 30.4 Å². The van der Waals surface area contributed by atoms with Crippen LogP contribution in [-0.2, 0) is 6.54 Å². The lowest BCUT2D eigenvalue weighted by Gasteiger charge is -2.11. The van der Waals surface area contributed by atoms with Gasteiger partial charge in [0.25, 0.3) is 0 Å². The Morgan fingerprint density at radius 1 is 1.40 bits per heavy atom. The third-order valence-electron chi connectivity index (χ3n) is 1.94. The lowest BCUT2D eigenvalue weighted by Crippen LogP contribution is -2.01. The van der Waals surface area contributed by atoms with Gasteiger partial charge in [-0.2, -0.15) is 0 Å². The van der Waals surface area contributed by atoms with E-state index >= 15 is 0 Å². The van der Waals surface area contributed by atoms with E-state index in [1.807, 2.05) is 25.1 Å². The second-order valence-corrected chi connectivity index (χ2v) is 3.44. The summed E-state index contributed by atoms with van der Waals surface area (Å²) in [6, 6.07) is 5.67. The first-order valence-corrected chi connectivity index (χ1v) is 4.81. The van der Waals surface area contributed by atoms with Gasteiger partial charge in [-0.15, -0.1) is 0 Å². The first kappa shape index (κ1) is 11.6. The van der Waals surface area contributed by atoms with Crippen molar-refractivity contribution >= 4 is 0 Å². The number of hydrogen-bond donors (Lipinski definition) is 1. The van der Waals surface area contributed by atoms with Gasteiger partial charge in [-0.1, -0.05) is 12.6 Å². The number of hydrogen-bond acceptors (Lipinski definition) is 3. The number of methoxy groups -OCH3 is 1. The highest BCUT2D eigenvalue weighted by atomic mass is 16.5. The van der Waals surface area contributed by atoms with Crippen molar-refractivity contribution in [1.29, 1.82) is 0 Å². The SMILES string of the molecule is C=C(C)COc1ccc(CN)cc1OC. The Morgan fingerprint density at radius 2 is 2.13 bits per heavy atom. The topological polar surface area (TPSA) is 44.5 Å². The van der Waals surface area contributed by atoms with Crippen molar-refractivity contribution in [3.8, 4) is 11.5 Å². The fraction of sp³-hybridized carbons (Fsp3) is 0.333. The lowest BCUT2D eigenvalue weighted by molar-refractivity contribution is 0.319. The summed E-state index contributed by atoms with van der Waals surface area (Å²) in [5, 5.41) is 0. The standard InChI is InChI=1S/C12H17NO2/c1-9(2)8-15-11-5-4-10(7-13)6-12(11)14-3/h4-6H,1,7-8,13H2,2-3H3. The molecule has 82 valence electrons. The Balaban J connectivity index is 2.82. The van der Waals surface area contributed by atoms with Gasteiger partial charge >= 0.3 is 0 Å². The van der Waals surface area contributed by atoms with Crippen molar-refractivity contribution in [1.82, 2.24) is 0 Å². The quantitative estimate of drug-likeness (QED) is 0.752. The molecule has 3 heteroatoms. The van der Waals surface area contributed by atoms with Crippen LogP contribution in [0.1, 0.15) is 12.5 Å². The normalized spacial score (nSPS) is 9.80. The molecule has 0 amide bonds. The molecule has 0 fully saturated rings. The highest BCUT2D eigenvalue weighted by Gasteiger charge is 2.04. The van der Waals surface area contributed by atoms with Crippen LogP contribution in [0, 0.1) is 0 Å². The molecule has 0 saturated heterocycles. The van der Waals surface area contributed by atoms with E-state index in [1.54, 1.807) is 7.11 Å². The third-order valence-corrected chi connectivity index (χ3v) is 1.94. The first-order chi connectivity index (χ1) is 7.17. The van der Waals surface area contributed by atoms with E-state index < -0.39 is 0 Å². The van der Waals surface area contributed by atoms with Gasteiger partial charge in [-0.05, 0) is 30.2 Å². The van der Waals surface area contributed by atoms with E-state index in [0.29, 0.717) is 18.9 Å². The largest absolute Gasteiger partial charge is 0.493 e. The molecule has 0 unspecified atom stereocenters. The second-order valence-electron chi connectivity index (χ2n) is 3.44. The van der Waals surface area contributed by atoms with Crippen LogP contribution in [0.25, 0.3) is 0 Å². The molecule has 3 nitrogen and oxygen atoms in total. The van der Waals surface area contributed by atoms with Crippen LogP contribution in [0.4, 0.5) is 0 Å². The maximum absolute atomic E-state index is 5.54. The molecule has 1 aromatic carbocycles. The Morgan fingerprint density at radius 3 is 2.67 bits per heavy atom. The van der Waals surface area contributed by atoms with Crippen molar-refractivity contribution in [2.75, 3.05) is 13.7 Å². The highest BCUT2D eigenvalue weighted by Crippen LogP contribution is 2.28. The average Bonchev–Trinajstić information content (AvgIpc) is 2.25. The minimum atomic E-state index is 0.497. The summed E-state index contributed by atoms with van der Waals surface area (Å²) in [7, 11) is 1.61. The monoisotopic (exact) mass is 207 g/mol. The van der Waals surface area contributed by atoms with E-state index in [-0.39, 0.29) is 0 Å². The summed E-state index contributed by atoms with van der Waals surface area (Å²) in [5.41, 5.74) is 7.53. The first-order valence-electron chi connectivity index (χ1n) is 4.81. The molecule has 15 heavy (non-hydrogen) atoms. The van der Waals surface area contributed by atoms with Gasteiger partial charge in [-0.25, -0.2) is 0 Å². The number of ether oxygens (including phenoxy) is 2. The smallest absolute Gasteiger partial charge is 0.161 e. The molecule has 1 aromatic rings. The zero-order chi connectivity index (χ0) is 11.3. The zero-order valence-electron chi connectivity index (χ0n) is 9.25. The lowest BCUT2D eigenvalue weighted by atomic mass is 10.2. The van der Waals surface area contributed by atoms with E-state index in [4.69, 9.17) is 15.2 Å². The van der Waals surface area contributed by atoms with Crippen LogP contribution in [0.2, 0.25) is 0 Å². The summed E-state index contributed by atoms with van der Waals surface area (Å²) in [6.45, 7) is 6.69. The highest BCUT2D eigenvalue weighted by molar-refractivity contribution is 5.43. The van der Waals surface area contributed by atoms with E-state index in [0.717, 1.165) is 16.9 Å².